The van der Waals surface area contributed by atoms with Crippen molar-refractivity contribution in [2.45, 2.75) is 117 Å². The molecular weight excluding hydrogens is 254 g/mol. The van der Waals surface area contributed by atoms with Gasteiger partial charge in [-0.25, -0.2) is 0 Å². The third-order valence-electron chi connectivity index (χ3n) is 4.75. The van der Waals surface area contributed by atoms with E-state index in [0.29, 0.717) is 0 Å². The Balaban J connectivity index is 3.56. The van der Waals surface area contributed by atoms with E-state index in [1.54, 1.807) is 0 Å². The highest BCUT2D eigenvalue weighted by Gasteiger charge is 2.08. The molecule has 0 saturated heterocycles. The predicted molar refractivity (Wildman–Crippen MR) is 97.8 cm³/mol. The number of hydrogen-bond acceptors (Lipinski definition) is 1. The van der Waals surface area contributed by atoms with E-state index in [-0.39, 0.29) is 0 Å². The van der Waals surface area contributed by atoms with E-state index in [1.165, 1.54) is 103 Å². The molecule has 0 fully saturated rings. The van der Waals surface area contributed by atoms with Crippen molar-refractivity contribution in [1.29, 1.82) is 0 Å². The Morgan fingerprint density at radius 1 is 0.524 bits per heavy atom. The Morgan fingerprint density at radius 3 is 1.33 bits per heavy atom. The van der Waals surface area contributed by atoms with Gasteiger partial charge in [-0.1, -0.05) is 104 Å². The van der Waals surface area contributed by atoms with Crippen molar-refractivity contribution < 1.29 is 0 Å². The van der Waals surface area contributed by atoms with Gasteiger partial charge in [0.1, 0.15) is 0 Å². The monoisotopic (exact) mass is 297 g/mol. The van der Waals surface area contributed by atoms with Crippen LogP contribution >= 0.6 is 0 Å². The highest BCUT2D eigenvalue weighted by atomic mass is 14.5. The summed E-state index contributed by atoms with van der Waals surface area (Å²) in [5.41, 5.74) is 5.70. The minimum Gasteiger partial charge on any atom is -0.330 e. The molecule has 0 aromatic rings. The first-order chi connectivity index (χ1) is 10.3. The normalized spacial score (nSPS) is 11.4. The maximum absolute atomic E-state index is 5.70. The van der Waals surface area contributed by atoms with Crippen molar-refractivity contribution in [3.05, 3.63) is 0 Å². The van der Waals surface area contributed by atoms with Gasteiger partial charge in [0, 0.05) is 0 Å². The van der Waals surface area contributed by atoms with Crippen LogP contribution in [0.15, 0.2) is 0 Å². The molecule has 128 valence electrons. The van der Waals surface area contributed by atoms with Crippen molar-refractivity contribution in [1.82, 2.24) is 0 Å². The summed E-state index contributed by atoms with van der Waals surface area (Å²) in [6.45, 7) is 5.47. The largest absolute Gasteiger partial charge is 0.330 e. The molecule has 0 bridgehead atoms. The van der Waals surface area contributed by atoms with Gasteiger partial charge in [-0.2, -0.15) is 0 Å². The molecule has 21 heavy (non-hydrogen) atoms. The molecule has 0 aliphatic heterocycles. The van der Waals surface area contributed by atoms with Gasteiger partial charge in [-0.3, -0.25) is 0 Å². The zero-order valence-electron chi connectivity index (χ0n) is 15.2. The molecule has 0 radical (unpaired) electrons. The zero-order valence-corrected chi connectivity index (χ0v) is 15.2. The van der Waals surface area contributed by atoms with Crippen LogP contribution in [0.5, 0.6) is 0 Å². The minimum atomic E-state index is 0.878. The maximum Gasteiger partial charge on any atom is -0.00772 e. The van der Waals surface area contributed by atoms with E-state index >= 15 is 0 Å². The summed E-state index contributed by atoms with van der Waals surface area (Å²) >= 11 is 0. The Labute approximate surface area is 135 Å². The van der Waals surface area contributed by atoms with Gasteiger partial charge < -0.3 is 5.73 Å². The van der Waals surface area contributed by atoms with Crippen LogP contribution in [-0.2, 0) is 0 Å². The summed E-state index contributed by atoms with van der Waals surface area (Å²) in [4.78, 5) is 0. The average Bonchev–Trinajstić information content (AvgIpc) is 2.50. The molecule has 0 amide bonds. The van der Waals surface area contributed by atoms with Gasteiger partial charge in [-0.15, -0.1) is 0 Å². The van der Waals surface area contributed by atoms with Crippen molar-refractivity contribution >= 4 is 0 Å². The van der Waals surface area contributed by atoms with E-state index < -0.39 is 0 Å². The second-order valence-corrected chi connectivity index (χ2v) is 6.91. The first-order valence-electron chi connectivity index (χ1n) is 10.0. The van der Waals surface area contributed by atoms with E-state index in [1.807, 2.05) is 0 Å². The second kappa shape index (κ2) is 18.0. The van der Waals surface area contributed by atoms with Crippen LogP contribution in [0.1, 0.15) is 117 Å². The number of hydrogen-bond donors (Lipinski definition) is 1. The standard InChI is InChI=1S/C20H43N/c1-3-5-7-9-11-13-16-20(18-15-19-21)17-14-12-10-8-6-4-2/h20H,3-19,21H2,1-2H3. The van der Waals surface area contributed by atoms with Crippen LogP contribution in [0.4, 0.5) is 0 Å². The van der Waals surface area contributed by atoms with E-state index in [2.05, 4.69) is 13.8 Å². The molecule has 0 aromatic heterocycles. The van der Waals surface area contributed by atoms with Crippen LogP contribution in [-0.4, -0.2) is 6.54 Å². The summed E-state index contributed by atoms with van der Waals surface area (Å²) in [6.07, 6.45) is 22.7. The lowest BCUT2D eigenvalue weighted by Crippen LogP contribution is -2.06. The topological polar surface area (TPSA) is 26.0 Å². The average molecular weight is 298 g/mol. The van der Waals surface area contributed by atoms with Crippen LogP contribution < -0.4 is 5.73 Å². The van der Waals surface area contributed by atoms with Gasteiger partial charge >= 0.3 is 0 Å². The van der Waals surface area contributed by atoms with E-state index in [9.17, 15) is 0 Å². The smallest absolute Gasteiger partial charge is 0.00772 e. The van der Waals surface area contributed by atoms with Gasteiger partial charge in [-0.05, 0) is 25.3 Å². The fourth-order valence-corrected chi connectivity index (χ4v) is 3.27. The Hall–Kier alpha value is -0.0400. The lowest BCUT2D eigenvalue weighted by molar-refractivity contribution is 0.374. The Kier molecular flexibility index (Phi) is 18.0. The number of rotatable bonds is 17. The molecule has 0 rings (SSSR count). The Morgan fingerprint density at radius 2 is 0.905 bits per heavy atom. The SMILES string of the molecule is CCCCCCCCC(CCCN)CCCCCCCC. The molecule has 1 nitrogen and oxygen atoms in total. The summed E-state index contributed by atoms with van der Waals surface area (Å²) in [7, 11) is 0. The highest BCUT2D eigenvalue weighted by molar-refractivity contribution is 4.62. The fourth-order valence-electron chi connectivity index (χ4n) is 3.27. The molecule has 0 aliphatic carbocycles. The molecule has 2 N–H and O–H groups in total. The molecule has 0 aromatic carbocycles. The van der Waals surface area contributed by atoms with E-state index in [4.69, 9.17) is 5.73 Å². The first kappa shape index (κ1) is 21.0. The summed E-state index contributed by atoms with van der Waals surface area (Å²) in [5.74, 6) is 0.964. The summed E-state index contributed by atoms with van der Waals surface area (Å²) in [6, 6.07) is 0. The van der Waals surface area contributed by atoms with Crippen LogP contribution in [0, 0.1) is 5.92 Å². The van der Waals surface area contributed by atoms with Gasteiger partial charge in [0.25, 0.3) is 0 Å². The molecule has 0 heterocycles. The highest BCUT2D eigenvalue weighted by Crippen LogP contribution is 2.23. The van der Waals surface area contributed by atoms with Gasteiger partial charge in [0.15, 0.2) is 0 Å². The molecule has 0 atom stereocenters. The van der Waals surface area contributed by atoms with Crippen LogP contribution in [0.25, 0.3) is 0 Å². The number of unbranched alkanes of at least 4 members (excludes halogenated alkanes) is 10. The third kappa shape index (κ3) is 16.2. The van der Waals surface area contributed by atoms with Crippen molar-refractivity contribution in [2.24, 2.45) is 11.7 Å². The molecule has 0 spiro atoms. The number of nitrogens with two attached hydrogens (primary N) is 1. The lowest BCUT2D eigenvalue weighted by Gasteiger charge is -2.16. The Bertz CT molecular complexity index is 163. The van der Waals surface area contributed by atoms with Crippen LogP contribution in [0.2, 0.25) is 0 Å². The van der Waals surface area contributed by atoms with Crippen molar-refractivity contribution in [3.63, 3.8) is 0 Å². The molecule has 1 heteroatoms. The van der Waals surface area contributed by atoms with Crippen molar-refractivity contribution in [3.8, 4) is 0 Å². The summed E-state index contributed by atoms with van der Waals surface area (Å²) in [5, 5.41) is 0. The lowest BCUT2D eigenvalue weighted by atomic mass is 9.90. The van der Waals surface area contributed by atoms with Crippen molar-refractivity contribution in [2.75, 3.05) is 6.54 Å². The second-order valence-electron chi connectivity index (χ2n) is 6.91. The van der Waals surface area contributed by atoms with Gasteiger partial charge in [0.2, 0.25) is 0 Å². The fraction of sp³-hybridized carbons (Fsp3) is 1.00. The maximum atomic E-state index is 5.70. The summed E-state index contributed by atoms with van der Waals surface area (Å²) < 4.78 is 0. The zero-order chi connectivity index (χ0) is 15.6. The quantitative estimate of drug-likeness (QED) is 0.292. The molecule has 0 aliphatic rings. The van der Waals surface area contributed by atoms with Crippen LogP contribution in [0.3, 0.4) is 0 Å². The molecule has 0 saturated carbocycles. The predicted octanol–water partition coefficient (Wildman–Crippen LogP) is 6.84. The van der Waals surface area contributed by atoms with E-state index in [0.717, 1.165) is 12.5 Å². The minimum absolute atomic E-state index is 0.878. The van der Waals surface area contributed by atoms with Gasteiger partial charge in [0.05, 0.1) is 0 Å². The third-order valence-corrected chi connectivity index (χ3v) is 4.75. The first-order valence-corrected chi connectivity index (χ1v) is 10.0. The molecule has 0 unspecified atom stereocenters. The molecular formula is C20H43N.